The number of nitrogens with zero attached hydrogens (tertiary/aromatic N) is 1. The Morgan fingerprint density at radius 3 is 2.58 bits per heavy atom. The van der Waals surface area contributed by atoms with E-state index in [1.54, 1.807) is 32.5 Å². The molecule has 128 valence electrons. The van der Waals surface area contributed by atoms with E-state index in [0.717, 1.165) is 9.13 Å². The molecule has 0 fully saturated rings. The molecular weight excluding hydrogens is 423 g/mol. The maximum Gasteiger partial charge on any atom is 0.252 e. The molecule has 0 aliphatic rings. The second-order valence-electron chi connectivity index (χ2n) is 4.81. The van der Waals surface area contributed by atoms with Crippen molar-refractivity contribution in [2.24, 2.45) is 0 Å². The molecular formula is C17H19IN2O4. The van der Waals surface area contributed by atoms with Gasteiger partial charge in [-0.1, -0.05) is 0 Å². The molecule has 1 N–H and O–H groups in total. The fourth-order valence-corrected chi connectivity index (χ4v) is 2.78. The standard InChI is InChI=1S/C17H19IN2O4/c1-4-24-16-7-11(5-6-19-16)10-20-17(21)12-8-14(22-2)15(23-3)9-13(12)18/h5-9H,4,10H2,1-3H3,(H,20,21). The Morgan fingerprint density at radius 1 is 1.21 bits per heavy atom. The van der Waals surface area contributed by atoms with E-state index in [0.29, 0.717) is 36.1 Å². The highest BCUT2D eigenvalue weighted by Gasteiger charge is 2.15. The van der Waals surface area contributed by atoms with Crippen LogP contribution in [0.15, 0.2) is 30.5 Å². The lowest BCUT2D eigenvalue weighted by Gasteiger charge is -2.12. The summed E-state index contributed by atoms with van der Waals surface area (Å²) >= 11 is 2.10. The van der Waals surface area contributed by atoms with E-state index >= 15 is 0 Å². The number of nitrogens with one attached hydrogen (secondary N) is 1. The summed E-state index contributed by atoms with van der Waals surface area (Å²) in [6.07, 6.45) is 1.66. The van der Waals surface area contributed by atoms with Gasteiger partial charge in [0.05, 0.1) is 26.4 Å². The zero-order valence-corrected chi connectivity index (χ0v) is 15.9. The monoisotopic (exact) mass is 442 g/mol. The molecule has 0 atom stereocenters. The Labute approximate surface area is 154 Å². The average molecular weight is 442 g/mol. The van der Waals surface area contributed by atoms with Gasteiger partial charge in [-0.3, -0.25) is 4.79 Å². The van der Waals surface area contributed by atoms with Gasteiger partial charge >= 0.3 is 0 Å². The van der Waals surface area contributed by atoms with Crippen LogP contribution in [0.5, 0.6) is 17.4 Å². The summed E-state index contributed by atoms with van der Waals surface area (Å²) < 4.78 is 16.6. The van der Waals surface area contributed by atoms with Crippen LogP contribution in [0.25, 0.3) is 0 Å². The van der Waals surface area contributed by atoms with Gasteiger partial charge in [-0.2, -0.15) is 0 Å². The van der Waals surface area contributed by atoms with E-state index in [1.165, 1.54) is 0 Å². The highest BCUT2D eigenvalue weighted by Crippen LogP contribution is 2.31. The zero-order chi connectivity index (χ0) is 17.5. The van der Waals surface area contributed by atoms with Gasteiger partial charge in [-0.15, -0.1) is 0 Å². The fourth-order valence-electron chi connectivity index (χ4n) is 2.09. The quantitative estimate of drug-likeness (QED) is 0.668. The van der Waals surface area contributed by atoms with Crippen LogP contribution in [0.2, 0.25) is 0 Å². The minimum atomic E-state index is -0.185. The van der Waals surface area contributed by atoms with Crippen LogP contribution in [0.1, 0.15) is 22.8 Å². The highest BCUT2D eigenvalue weighted by atomic mass is 127. The van der Waals surface area contributed by atoms with E-state index in [9.17, 15) is 4.79 Å². The van der Waals surface area contributed by atoms with Crippen molar-refractivity contribution in [1.82, 2.24) is 10.3 Å². The predicted molar refractivity (Wildman–Crippen MR) is 98.8 cm³/mol. The van der Waals surface area contributed by atoms with Crippen molar-refractivity contribution in [2.45, 2.75) is 13.5 Å². The molecule has 6 nitrogen and oxygen atoms in total. The largest absolute Gasteiger partial charge is 0.493 e. The molecule has 0 unspecified atom stereocenters. The van der Waals surface area contributed by atoms with Gasteiger partial charge in [-0.25, -0.2) is 4.98 Å². The van der Waals surface area contributed by atoms with E-state index < -0.39 is 0 Å². The summed E-state index contributed by atoms with van der Waals surface area (Å²) in [4.78, 5) is 16.6. The zero-order valence-electron chi connectivity index (χ0n) is 13.8. The average Bonchev–Trinajstić information content (AvgIpc) is 2.60. The number of rotatable bonds is 7. The maximum absolute atomic E-state index is 12.5. The first-order valence-electron chi connectivity index (χ1n) is 7.36. The lowest BCUT2D eigenvalue weighted by molar-refractivity contribution is 0.0949. The Balaban J connectivity index is 2.11. The SMILES string of the molecule is CCOc1cc(CNC(=O)c2cc(OC)c(OC)cc2I)ccn1. The second-order valence-corrected chi connectivity index (χ2v) is 5.97. The van der Waals surface area contributed by atoms with Crippen molar-refractivity contribution in [3.05, 3.63) is 45.2 Å². The summed E-state index contributed by atoms with van der Waals surface area (Å²) in [5, 5.41) is 2.89. The van der Waals surface area contributed by atoms with E-state index in [2.05, 4.69) is 32.9 Å². The number of carbonyl (C=O) groups excluding carboxylic acids is 1. The molecule has 1 aromatic carbocycles. The van der Waals surface area contributed by atoms with Crippen molar-refractivity contribution in [3.8, 4) is 17.4 Å². The third-order valence-corrected chi connectivity index (χ3v) is 4.15. The van der Waals surface area contributed by atoms with Crippen LogP contribution in [0, 0.1) is 3.57 Å². The van der Waals surface area contributed by atoms with Gasteiger partial charge in [0.15, 0.2) is 11.5 Å². The van der Waals surface area contributed by atoms with Crippen molar-refractivity contribution < 1.29 is 19.0 Å². The topological polar surface area (TPSA) is 69.7 Å². The first-order valence-corrected chi connectivity index (χ1v) is 8.44. The Bertz CT molecular complexity index is 722. The van der Waals surface area contributed by atoms with Gasteiger partial charge in [-0.05, 0) is 53.3 Å². The number of aromatic nitrogens is 1. The number of hydrogen-bond donors (Lipinski definition) is 1. The minimum absolute atomic E-state index is 0.185. The summed E-state index contributed by atoms with van der Waals surface area (Å²) in [6, 6.07) is 7.09. The highest BCUT2D eigenvalue weighted by molar-refractivity contribution is 14.1. The molecule has 7 heteroatoms. The molecule has 2 rings (SSSR count). The van der Waals surface area contributed by atoms with Gasteiger partial charge in [0.2, 0.25) is 5.88 Å². The molecule has 0 aliphatic heterocycles. The summed E-state index contributed by atoms with van der Waals surface area (Å²) in [5.74, 6) is 1.47. The fraction of sp³-hybridized carbons (Fsp3) is 0.294. The Hall–Kier alpha value is -2.03. The van der Waals surface area contributed by atoms with Gasteiger partial charge in [0.1, 0.15) is 0 Å². The smallest absolute Gasteiger partial charge is 0.252 e. The number of benzene rings is 1. The number of methoxy groups -OCH3 is 2. The number of amides is 1. The molecule has 1 amide bonds. The van der Waals surface area contributed by atoms with Crippen molar-refractivity contribution in [2.75, 3.05) is 20.8 Å². The van der Waals surface area contributed by atoms with Crippen molar-refractivity contribution in [1.29, 1.82) is 0 Å². The van der Waals surface area contributed by atoms with Crippen LogP contribution >= 0.6 is 22.6 Å². The first kappa shape index (κ1) is 18.3. The van der Waals surface area contributed by atoms with Crippen LogP contribution < -0.4 is 19.5 Å². The Morgan fingerprint density at radius 2 is 1.92 bits per heavy atom. The third-order valence-electron chi connectivity index (χ3n) is 3.26. The lowest BCUT2D eigenvalue weighted by atomic mass is 10.1. The van der Waals surface area contributed by atoms with E-state index in [1.807, 2.05) is 19.1 Å². The second kappa shape index (κ2) is 8.72. The molecule has 0 radical (unpaired) electrons. The summed E-state index contributed by atoms with van der Waals surface area (Å²) in [5.41, 5.74) is 1.45. The molecule has 0 aliphatic carbocycles. The maximum atomic E-state index is 12.5. The van der Waals surface area contributed by atoms with Gasteiger partial charge < -0.3 is 19.5 Å². The molecule has 0 bridgehead atoms. The molecule has 1 aromatic heterocycles. The molecule has 2 aromatic rings. The van der Waals surface area contributed by atoms with Crippen LogP contribution in [0.3, 0.4) is 0 Å². The van der Waals surface area contributed by atoms with Crippen LogP contribution in [-0.4, -0.2) is 31.7 Å². The minimum Gasteiger partial charge on any atom is -0.493 e. The number of carbonyl (C=O) groups is 1. The van der Waals surface area contributed by atoms with E-state index in [-0.39, 0.29) is 5.91 Å². The predicted octanol–water partition coefficient (Wildman–Crippen LogP) is 3.03. The summed E-state index contributed by atoms with van der Waals surface area (Å²) in [6.45, 7) is 2.83. The van der Waals surface area contributed by atoms with Crippen molar-refractivity contribution in [3.63, 3.8) is 0 Å². The Kier molecular flexibility index (Phi) is 6.65. The number of ether oxygens (including phenoxy) is 3. The lowest BCUT2D eigenvalue weighted by Crippen LogP contribution is -2.23. The molecule has 1 heterocycles. The summed E-state index contributed by atoms with van der Waals surface area (Å²) in [7, 11) is 3.10. The number of hydrogen-bond acceptors (Lipinski definition) is 5. The first-order chi connectivity index (χ1) is 11.6. The molecule has 0 saturated heterocycles. The molecule has 24 heavy (non-hydrogen) atoms. The molecule has 0 spiro atoms. The van der Waals surface area contributed by atoms with Crippen LogP contribution in [-0.2, 0) is 6.54 Å². The van der Waals surface area contributed by atoms with Crippen molar-refractivity contribution >= 4 is 28.5 Å². The van der Waals surface area contributed by atoms with E-state index in [4.69, 9.17) is 14.2 Å². The van der Waals surface area contributed by atoms with Crippen LogP contribution in [0.4, 0.5) is 0 Å². The third kappa shape index (κ3) is 4.50. The number of halogens is 1. The van der Waals surface area contributed by atoms with Gasteiger partial charge in [0, 0.05) is 22.4 Å². The number of pyridine rings is 1. The normalized spacial score (nSPS) is 10.2. The molecule has 0 saturated carbocycles. The van der Waals surface area contributed by atoms with Gasteiger partial charge in [0.25, 0.3) is 5.91 Å².